The van der Waals surface area contributed by atoms with Crippen molar-refractivity contribution in [2.45, 2.75) is 16.7 Å². The highest BCUT2D eigenvalue weighted by Gasteiger charge is 2.06. The first-order chi connectivity index (χ1) is 11.2. The summed E-state index contributed by atoms with van der Waals surface area (Å²) in [7, 11) is -4.02. The highest BCUT2D eigenvalue weighted by Crippen LogP contribution is 2.23. The lowest BCUT2D eigenvalue weighted by Crippen LogP contribution is -2.04. The molecule has 0 saturated carbocycles. The van der Waals surface area contributed by atoms with E-state index in [0.717, 1.165) is 10.5 Å². The quantitative estimate of drug-likeness (QED) is 0.434. The third kappa shape index (κ3) is 6.75. The molecule has 126 valence electrons. The number of allylic oxidation sites excluding steroid dienone is 1. The molecule has 0 aromatic heterocycles. The predicted octanol–water partition coefficient (Wildman–Crippen LogP) is 2.63. The van der Waals surface area contributed by atoms with E-state index in [-0.39, 0.29) is 10.6 Å². The summed E-state index contributed by atoms with van der Waals surface area (Å²) < 4.78 is 29.6. The van der Waals surface area contributed by atoms with E-state index in [1.54, 1.807) is 18.2 Å². The van der Waals surface area contributed by atoms with Gasteiger partial charge in [-0.3, -0.25) is 4.55 Å². The van der Waals surface area contributed by atoms with Crippen molar-refractivity contribution in [2.24, 2.45) is 11.5 Å². The number of aryl methyl sites for hydroxylation is 1. The fraction of sp³-hybridized carbons (Fsp3) is 0.0625. The van der Waals surface area contributed by atoms with Crippen LogP contribution in [0, 0.1) is 18.3 Å². The van der Waals surface area contributed by atoms with Gasteiger partial charge in [-0.05, 0) is 31.2 Å². The van der Waals surface area contributed by atoms with Gasteiger partial charge in [0.1, 0.15) is 16.8 Å². The zero-order chi connectivity index (χ0) is 18.2. The molecule has 2 aromatic carbocycles. The Morgan fingerprint density at radius 1 is 1.08 bits per heavy atom. The van der Waals surface area contributed by atoms with Gasteiger partial charge in [-0.15, -0.1) is 0 Å². The molecule has 24 heavy (non-hydrogen) atoms. The van der Waals surface area contributed by atoms with Crippen LogP contribution in [0.1, 0.15) is 5.56 Å². The van der Waals surface area contributed by atoms with E-state index in [2.05, 4.69) is 0 Å². The maximum Gasteiger partial charge on any atom is 0.294 e. The molecule has 0 spiro atoms. The van der Waals surface area contributed by atoms with Gasteiger partial charge in [-0.2, -0.15) is 13.7 Å². The average molecular weight is 363 g/mol. The standard InChI is InChI=1S/C9H9N3S.C7H8O3S/c10-6-8(11)9(12)13-7-4-2-1-3-5-7;1-6-2-4-7(5-3-6)11(8,9)10/h1-5H,11-12H2;2-5H,1H3,(H,8,9,10). The molecule has 0 radical (unpaired) electrons. The topological polar surface area (TPSA) is 130 Å². The van der Waals surface area contributed by atoms with Crippen molar-refractivity contribution in [3.8, 4) is 6.07 Å². The second kappa shape index (κ2) is 8.98. The van der Waals surface area contributed by atoms with Gasteiger partial charge in [0.15, 0.2) is 0 Å². The molecule has 0 atom stereocenters. The number of rotatable bonds is 3. The maximum atomic E-state index is 10.5. The lowest BCUT2D eigenvalue weighted by molar-refractivity contribution is 0.483. The zero-order valence-electron chi connectivity index (χ0n) is 12.9. The minimum atomic E-state index is -4.02. The number of hydrogen-bond acceptors (Lipinski definition) is 6. The molecule has 0 bridgehead atoms. The third-order valence-corrected chi connectivity index (χ3v) is 4.49. The molecule has 0 unspecified atom stereocenters. The van der Waals surface area contributed by atoms with Crippen LogP contribution in [0.25, 0.3) is 0 Å². The zero-order valence-corrected chi connectivity index (χ0v) is 14.5. The van der Waals surface area contributed by atoms with E-state index >= 15 is 0 Å². The molecule has 0 aliphatic heterocycles. The van der Waals surface area contributed by atoms with Crippen LogP contribution in [0.2, 0.25) is 0 Å². The van der Waals surface area contributed by atoms with Gasteiger partial charge in [0.05, 0.1) is 4.90 Å². The molecule has 0 amide bonds. The summed E-state index contributed by atoms with van der Waals surface area (Å²) in [6.45, 7) is 1.84. The number of nitrogens with zero attached hydrogens (tertiary/aromatic N) is 1. The fourth-order valence-electron chi connectivity index (χ4n) is 1.44. The third-order valence-electron chi connectivity index (χ3n) is 2.68. The maximum absolute atomic E-state index is 10.5. The highest BCUT2D eigenvalue weighted by molar-refractivity contribution is 8.03. The minimum Gasteiger partial charge on any atom is -0.391 e. The van der Waals surface area contributed by atoms with Crippen molar-refractivity contribution in [3.05, 3.63) is 70.9 Å². The molecule has 2 rings (SSSR count). The van der Waals surface area contributed by atoms with Crippen LogP contribution in [-0.4, -0.2) is 13.0 Å². The van der Waals surface area contributed by atoms with Crippen LogP contribution in [0.5, 0.6) is 0 Å². The molecule has 2 aromatic rings. The summed E-state index contributed by atoms with van der Waals surface area (Å²) in [6.07, 6.45) is 0. The van der Waals surface area contributed by atoms with Crippen molar-refractivity contribution < 1.29 is 13.0 Å². The summed E-state index contributed by atoms with van der Waals surface area (Å²) in [5.74, 6) is 0. The summed E-state index contributed by atoms with van der Waals surface area (Å²) >= 11 is 1.29. The lowest BCUT2D eigenvalue weighted by atomic mass is 10.2. The molecule has 0 aliphatic carbocycles. The van der Waals surface area contributed by atoms with E-state index in [0.29, 0.717) is 5.03 Å². The predicted molar refractivity (Wildman–Crippen MR) is 94.3 cm³/mol. The van der Waals surface area contributed by atoms with E-state index in [1.807, 2.05) is 37.3 Å². The molecule has 8 heteroatoms. The number of benzene rings is 2. The number of hydrogen-bond donors (Lipinski definition) is 3. The largest absolute Gasteiger partial charge is 0.391 e. The second-order valence-corrected chi connectivity index (χ2v) is 7.13. The Bertz CT molecular complexity index is 840. The van der Waals surface area contributed by atoms with Crippen molar-refractivity contribution in [2.75, 3.05) is 0 Å². The normalized spacial score (nSPS) is 11.5. The van der Waals surface area contributed by atoms with Crippen molar-refractivity contribution in [1.82, 2.24) is 0 Å². The van der Waals surface area contributed by atoms with Crippen LogP contribution in [0.3, 0.4) is 0 Å². The Morgan fingerprint density at radius 2 is 1.62 bits per heavy atom. The number of nitrogens with two attached hydrogens (primary N) is 2. The Kier molecular flexibility index (Phi) is 7.32. The molecule has 5 N–H and O–H groups in total. The smallest absolute Gasteiger partial charge is 0.294 e. The Hall–Kier alpha value is -2.47. The Balaban J connectivity index is 0.000000243. The van der Waals surface area contributed by atoms with Gasteiger partial charge >= 0.3 is 0 Å². The van der Waals surface area contributed by atoms with Crippen molar-refractivity contribution >= 4 is 21.9 Å². The van der Waals surface area contributed by atoms with Crippen LogP contribution in [-0.2, 0) is 10.1 Å². The molecule has 0 saturated heterocycles. The molecule has 6 nitrogen and oxygen atoms in total. The van der Waals surface area contributed by atoms with Gasteiger partial charge in [-0.1, -0.05) is 47.7 Å². The first kappa shape index (κ1) is 19.6. The Labute approximate surface area is 145 Å². The van der Waals surface area contributed by atoms with E-state index in [1.165, 1.54) is 23.9 Å². The second-order valence-electron chi connectivity index (χ2n) is 4.59. The molecule has 0 fully saturated rings. The van der Waals surface area contributed by atoms with E-state index < -0.39 is 10.1 Å². The van der Waals surface area contributed by atoms with Gasteiger partial charge in [0.2, 0.25) is 0 Å². The van der Waals surface area contributed by atoms with Gasteiger partial charge in [-0.25, -0.2) is 0 Å². The first-order valence-electron chi connectivity index (χ1n) is 6.66. The van der Waals surface area contributed by atoms with Gasteiger partial charge < -0.3 is 11.5 Å². The van der Waals surface area contributed by atoms with Gasteiger partial charge in [0.25, 0.3) is 10.1 Å². The molecule has 0 heterocycles. The fourth-order valence-corrected chi connectivity index (χ4v) is 2.62. The van der Waals surface area contributed by atoms with Crippen LogP contribution < -0.4 is 11.5 Å². The Morgan fingerprint density at radius 3 is 2.08 bits per heavy atom. The van der Waals surface area contributed by atoms with Crippen LogP contribution in [0.4, 0.5) is 0 Å². The first-order valence-corrected chi connectivity index (χ1v) is 8.92. The van der Waals surface area contributed by atoms with E-state index in [9.17, 15) is 8.42 Å². The average Bonchev–Trinajstić information content (AvgIpc) is 2.55. The lowest BCUT2D eigenvalue weighted by Gasteiger charge is -2.00. The summed E-state index contributed by atoms with van der Waals surface area (Å²) in [5.41, 5.74) is 11.9. The summed E-state index contributed by atoms with van der Waals surface area (Å²) in [4.78, 5) is 0.904. The molecular formula is C16H17N3O3S2. The minimum absolute atomic E-state index is 0.0638. The van der Waals surface area contributed by atoms with Crippen molar-refractivity contribution in [1.29, 1.82) is 5.26 Å². The van der Waals surface area contributed by atoms with Crippen LogP contribution >= 0.6 is 11.8 Å². The van der Waals surface area contributed by atoms with E-state index in [4.69, 9.17) is 21.3 Å². The summed E-state index contributed by atoms with van der Waals surface area (Å²) in [5, 5.41) is 8.80. The SMILES string of the molecule is Cc1ccc(S(=O)(=O)O)cc1.N#CC(N)=C(N)Sc1ccccc1. The molecular weight excluding hydrogens is 346 g/mol. The highest BCUT2D eigenvalue weighted by atomic mass is 32.2. The van der Waals surface area contributed by atoms with Crippen LogP contribution in [0.15, 0.2) is 75.1 Å². The van der Waals surface area contributed by atoms with Crippen molar-refractivity contribution in [3.63, 3.8) is 0 Å². The van der Waals surface area contributed by atoms with Gasteiger partial charge in [0, 0.05) is 4.90 Å². The monoisotopic (exact) mass is 363 g/mol. The number of nitriles is 1. The number of thioether (sulfide) groups is 1. The molecule has 0 aliphatic rings. The summed E-state index contributed by atoms with van der Waals surface area (Å²) in [6, 6.07) is 17.3.